The molecule has 0 aliphatic heterocycles. The van der Waals surface area contributed by atoms with Gasteiger partial charge in [-0.15, -0.1) is 4.83 Å². The van der Waals surface area contributed by atoms with Crippen LogP contribution in [0.1, 0.15) is 5.56 Å². The molecule has 3 N–H and O–H groups in total. The van der Waals surface area contributed by atoms with Crippen LogP contribution in [-0.4, -0.2) is 19.3 Å². The van der Waals surface area contributed by atoms with Crippen LogP contribution in [0.15, 0.2) is 59.6 Å². The molecule has 0 saturated carbocycles. The van der Waals surface area contributed by atoms with Crippen molar-refractivity contribution in [1.82, 2.24) is 15.2 Å². The predicted molar refractivity (Wildman–Crippen MR) is 86.9 cm³/mol. The first kappa shape index (κ1) is 16.2. The molecule has 0 radical (unpaired) electrons. The van der Waals surface area contributed by atoms with Crippen molar-refractivity contribution in [2.24, 2.45) is 0 Å². The summed E-state index contributed by atoms with van der Waals surface area (Å²) >= 11 is 0. The molecule has 24 heavy (non-hydrogen) atoms. The van der Waals surface area contributed by atoms with Crippen molar-refractivity contribution in [3.8, 4) is 0 Å². The molecule has 0 saturated heterocycles. The highest BCUT2D eigenvalue weighted by Gasteiger charge is 2.16. The summed E-state index contributed by atoms with van der Waals surface area (Å²) in [5.74, 6) is -1.21. The fourth-order valence-corrected chi connectivity index (χ4v) is 3.20. The molecular formula is C16H14FN3O3S. The lowest BCUT2D eigenvalue weighted by Crippen LogP contribution is -2.42. The van der Waals surface area contributed by atoms with Gasteiger partial charge in [0.1, 0.15) is 5.82 Å². The highest BCUT2D eigenvalue weighted by Crippen LogP contribution is 2.18. The van der Waals surface area contributed by atoms with Crippen LogP contribution in [0.5, 0.6) is 0 Å². The standard InChI is InChI=1S/C16H14FN3O3S/c17-12-4-3-5-13(9-12)24(22,23)20-19-16(21)8-11-10-18-15-7-2-1-6-14(11)15/h1-7,9-10,18,20H,8H2,(H,19,21). The van der Waals surface area contributed by atoms with Crippen molar-refractivity contribution in [3.05, 3.63) is 66.1 Å². The quantitative estimate of drug-likeness (QED) is 0.615. The lowest BCUT2D eigenvalue weighted by Gasteiger charge is -2.08. The first-order chi connectivity index (χ1) is 11.5. The topological polar surface area (TPSA) is 91.1 Å². The molecule has 0 spiro atoms. The first-order valence-corrected chi connectivity index (χ1v) is 8.55. The minimum Gasteiger partial charge on any atom is -0.361 e. The number of hydrogen-bond donors (Lipinski definition) is 3. The van der Waals surface area contributed by atoms with Crippen LogP contribution in [0.25, 0.3) is 10.9 Å². The Morgan fingerprint density at radius 2 is 1.92 bits per heavy atom. The van der Waals surface area contributed by atoms with Crippen LogP contribution in [0.2, 0.25) is 0 Å². The molecule has 0 bridgehead atoms. The van der Waals surface area contributed by atoms with E-state index in [-0.39, 0.29) is 11.3 Å². The summed E-state index contributed by atoms with van der Waals surface area (Å²) in [6.45, 7) is 0. The molecular weight excluding hydrogens is 333 g/mol. The average Bonchev–Trinajstić information content (AvgIpc) is 2.96. The number of aromatic nitrogens is 1. The first-order valence-electron chi connectivity index (χ1n) is 7.07. The third-order valence-corrected chi connectivity index (χ3v) is 4.70. The number of halogens is 1. The van der Waals surface area contributed by atoms with Gasteiger partial charge in [-0.05, 0) is 29.8 Å². The summed E-state index contributed by atoms with van der Waals surface area (Å²) in [4.78, 5) is 16.7. The van der Waals surface area contributed by atoms with Crippen LogP contribution >= 0.6 is 0 Å². The van der Waals surface area contributed by atoms with Crippen molar-refractivity contribution >= 4 is 26.8 Å². The van der Waals surface area contributed by atoms with Gasteiger partial charge >= 0.3 is 0 Å². The molecule has 124 valence electrons. The Morgan fingerprint density at radius 3 is 2.71 bits per heavy atom. The number of fused-ring (bicyclic) bond motifs is 1. The van der Waals surface area contributed by atoms with Gasteiger partial charge in [0.2, 0.25) is 5.91 Å². The van der Waals surface area contributed by atoms with Crippen LogP contribution in [0.4, 0.5) is 4.39 Å². The van der Waals surface area contributed by atoms with Crippen LogP contribution in [0.3, 0.4) is 0 Å². The number of aromatic amines is 1. The van der Waals surface area contributed by atoms with E-state index < -0.39 is 21.7 Å². The highest BCUT2D eigenvalue weighted by molar-refractivity contribution is 7.89. The molecule has 1 aromatic heterocycles. The summed E-state index contributed by atoms with van der Waals surface area (Å²) in [7, 11) is -4.03. The molecule has 0 aliphatic carbocycles. The Morgan fingerprint density at radius 1 is 1.12 bits per heavy atom. The van der Waals surface area contributed by atoms with E-state index in [0.717, 1.165) is 28.6 Å². The monoisotopic (exact) mass is 347 g/mol. The van der Waals surface area contributed by atoms with Crippen molar-refractivity contribution in [3.63, 3.8) is 0 Å². The maximum Gasteiger partial charge on any atom is 0.257 e. The molecule has 6 nitrogen and oxygen atoms in total. The lowest BCUT2D eigenvalue weighted by molar-refractivity contribution is -0.120. The van der Waals surface area contributed by atoms with Crippen molar-refractivity contribution in [1.29, 1.82) is 0 Å². The number of amides is 1. The fraction of sp³-hybridized carbons (Fsp3) is 0.0625. The van der Waals surface area contributed by atoms with Gasteiger partial charge < -0.3 is 4.98 Å². The predicted octanol–water partition coefficient (Wildman–Crippen LogP) is 1.86. The average molecular weight is 347 g/mol. The fourth-order valence-electron chi connectivity index (χ4n) is 2.31. The molecule has 2 aromatic carbocycles. The number of rotatable bonds is 5. The Hall–Kier alpha value is -2.71. The second kappa shape index (κ2) is 6.42. The molecule has 0 aliphatic rings. The maximum absolute atomic E-state index is 13.1. The van der Waals surface area contributed by atoms with E-state index in [4.69, 9.17) is 0 Å². The molecule has 0 unspecified atom stereocenters. The van der Waals surface area contributed by atoms with Crippen LogP contribution in [-0.2, 0) is 21.2 Å². The number of nitrogens with one attached hydrogen (secondary N) is 3. The van der Waals surface area contributed by atoms with Crippen LogP contribution in [0, 0.1) is 5.82 Å². The Balaban J connectivity index is 1.67. The van der Waals surface area contributed by atoms with Gasteiger partial charge in [0.15, 0.2) is 0 Å². The summed E-state index contributed by atoms with van der Waals surface area (Å²) in [6.07, 6.45) is 1.70. The Kier molecular flexibility index (Phi) is 4.32. The summed E-state index contributed by atoms with van der Waals surface area (Å²) in [5, 5.41) is 0.889. The van der Waals surface area contributed by atoms with Gasteiger partial charge in [0, 0.05) is 17.1 Å². The van der Waals surface area contributed by atoms with Gasteiger partial charge in [-0.2, -0.15) is 0 Å². The molecule has 3 aromatic rings. The third-order valence-electron chi connectivity index (χ3n) is 3.46. The number of carbonyl (C=O) groups excluding carboxylic acids is 1. The zero-order chi connectivity index (χ0) is 17.2. The zero-order valence-corrected chi connectivity index (χ0v) is 13.2. The maximum atomic E-state index is 13.1. The minimum atomic E-state index is -4.03. The number of sulfonamides is 1. The van der Waals surface area contributed by atoms with E-state index in [1.165, 1.54) is 12.1 Å². The van der Waals surface area contributed by atoms with Crippen molar-refractivity contribution in [2.75, 3.05) is 0 Å². The summed E-state index contributed by atoms with van der Waals surface area (Å²) in [6, 6.07) is 12.0. The van der Waals surface area contributed by atoms with Gasteiger partial charge in [0.25, 0.3) is 10.0 Å². The number of hydrogen-bond acceptors (Lipinski definition) is 3. The van der Waals surface area contributed by atoms with Crippen molar-refractivity contribution in [2.45, 2.75) is 11.3 Å². The summed E-state index contributed by atoms with van der Waals surface area (Å²) in [5.41, 5.74) is 3.76. The molecule has 1 heterocycles. The molecule has 0 fully saturated rings. The van der Waals surface area contributed by atoms with E-state index in [1.54, 1.807) is 6.20 Å². The number of carbonyl (C=O) groups is 1. The number of H-pyrrole nitrogens is 1. The second-order valence-corrected chi connectivity index (χ2v) is 6.83. The van der Waals surface area contributed by atoms with Gasteiger partial charge in [-0.25, -0.2) is 12.8 Å². The number of para-hydroxylation sites is 1. The SMILES string of the molecule is O=C(Cc1c[nH]c2ccccc12)NNS(=O)(=O)c1cccc(F)c1. The summed E-state index contributed by atoms with van der Waals surface area (Å²) < 4.78 is 37.1. The van der Waals surface area contributed by atoms with Crippen LogP contribution < -0.4 is 10.3 Å². The number of benzene rings is 2. The second-order valence-electron chi connectivity index (χ2n) is 5.15. The van der Waals surface area contributed by atoms with E-state index in [0.29, 0.717) is 0 Å². The molecule has 3 rings (SSSR count). The number of hydrazine groups is 1. The Labute approximate surface area is 137 Å². The van der Waals surface area contributed by atoms with Gasteiger partial charge in [-0.1, -0.05) is 24.3 Å². The van der Waals surface area contributed by atoms with E-state index in [9.17, 15) is 17.6 Å². The largest absolute Gasteiger partial charge is 0.361 e. The minimum absolute atomic E-state index is 0.00428. The zero-order valence-electron chi connectivity index (χ0n) is 12.4. The van der Waals surface area contributed by atoms with E-state index in [2.05, 4.69) is 10.4 Å². The van der Waals surface area contributed by atoms with E-state index in [1.807, 2.05) is 29.1 Å². The highest BCUT2D eigenvalue weighted by atomic mass is 32.2. The molecule has 1 amide bonds. The van der Waals surface area contributed by atoms with Gasteiger partial charge in [-0.3, -0.25) is 10.2 Å². The lowest BCUT2D eigenvalue weighted by atomic mass is 10.1. The molecule has 0 atom stereocenters. The molecule has 8 heteroatoms. The van der Waals surface area contributed by atoms with Crippen molar-refractivity contribution < 1.29 is 17.6 Å². The Bertz CT molecular complexity index is 998. The van der Waals surface area contributed by atoms with E-state index >= 15 is 0 Å². The normalized spacial score (nSPS) is 11.5. The third kappa shape index (κ3) is 3.44. The van der Waals surface area contributed by atoms with Gasteiger partial charge in [0.05, 0.1) is 11.3 Å². The smallest absolute Gasteiger partial charge is 0.257 e.